The molecular weight excluding hydrogens is 584 g/mol. The van der Waals surface area contributed by atoms with Crippen LogP contribution in [0.3, 0.4) is 0 Å². The molecule has 0 saturated carbocycles. The van der Waals surface area contributed by atoms with E-state index in [1.54, 1.807) is 0 Å². The van der Waals surface area contributed by atoms with Gasteiger partial charge in [0.2, 0.25) is 5.91 Å². The number of phenolic OH excluding ortho intramolecular Hbond substituents is 2. The van der Waals surface area contributed by atoms with Gasteiger partial charge >= 0.3 is 30.9 Å². The van der Waals surface area contributed by atoms with Crippen LogP contribution >= 0.6 is 11.6 Å². The maximum absolute atomic E-state index is 14.1. The number of nitrogens with zero attached hydrogens (tertiary/aromatic N) is 2. The number of aromatic carboxylic acids is 1. The molecule has 1 saturated heterocycles. The molecule has 2 aliphatic heterocycles. The van der Waals surface area contributed by atoms with Crippen LogP contribution in [0.4, 0.5) is 9.18 Å². The highest BCUT2D eigenvalue weighted by atomic mass is 35.5. The molecule has 0 radical (unpaired) electrons. The first-order valence-electron chi connectivity index (χ1n) is 12.4. The zero-order valence-corrected chi connectivity index (χ0v) is 22.3. The van der Waals surface area contributed by atoms with Crippen molar-refractivity contribution in [1.29, 1.82) is 0 Å². The van der Waals surface area contributed by atoms with Crippen LogP contribution in [0.15, 0.2) is 24.3 Å². The number of piperazine rings is 1. The number of hydrogen-bond donors (Lipinski definition) is 7. The molecular formula is C24H24BClFN5O10. The Bertz CT molecular complexity index is 1480. The van der Waals surface area contributed by atoms with E-state index in [4.69, 9.17) is 22.0 Å². The van der Waals surface area contributed by atoms with Crippen molar-refractivity contribution in [2.24, 2.45) is 5.73 Å². The third kappa shape index (κ3) is 5.74. The zero-order valence-electron chi connectivity index (χ0n) is 21.5. The summed E-state index contributed by atoms with van der Waals surface area (Å²) in [6, 6.07) is 1.26. The van der Waals surface area contributed by atoms with Gasteiger partial charge in [-0.1, -0.05) is 23.7 Å². The van der Waals surface area contributed by atoms with E-state index in [1.807, 2.05) is 0 Å². The fraction of sp³-hybridized carbons (Fsp3) is 0.292. The smallest absolute Gasteiger partial charge is 0.534 e. The second-order valence-electron chi connectivity index (χ2n) is 9.30. The maximum Gasteiger partial charge on any atom is 0.547 e. The number of carbonyl (C=O) groups excluding carboxylic acids is 4. The van der Waals surface area contributed by atoms with Crippen LogP contribution in [-0.2, 0) is 20.8 Å². The third-order valence-electron chi connectivity index (χ3n) is 6.67. The average molecular weight is 608 g/mol. The van der Waals surface area contributed by atoms with Crippen molar-refractivity contribution >= 4 is 48.4 Å². The van der Waals surface area contributed by atoms with Crippen LogP contribution in [0.5, 0.6) is 17.2 Å². The van der Waals surface area contributed by atoms with Crippen LogP contribution < -0.4 is 21.0 Å². The quantitative estimate of drug-likeness (QED) is 0.116. The normalized spacial score (nSPS) is 17.3. The van der Waals surface area contributed by atoms with E-state index < -0.39 is 82.5 Å². The number of carboxylic acids is 1. The molecule has 42 heavy (non-hydrogen) atoms. The van der Waals surface area contributed by atoms with Crippen LogP contribution in [0, 0.1) is 5.82 Å². The highest BCUT2D eigenvalue weighted by molar-refractivity contribution is 6.47. The minimum absolute atomic E-state index is 0.0171. The number of hydrogen-bond acceptors (Lipinski definition) is 10. The zero-order chi connectivity index (χ0) is 30.9. The van der Waals surface area contributed by atoms with Gasteiger partial charge in [-0.3, -0.25) is 19.3 Å². The summed E-state index contributed by atoms with van der Waals surface area (Å²) in [6.45, 7) is -0.0719. The summed E-state index contributed by atoms with van der Waals surface area (Å²) >= 11 is 6.15. The van der Waals surface area contributed by atoms with Gasteiger partial charge < -0.3 is 46.3 Å². The first-order valence-corrected chi connectivity index (χ1v) is 12.7. The lowest BCUT2D eigenvalue weighted by molar-refractivity contribution is -0.153. The monoisotopic (exact) mass is 607 g/mol. The van der Waals surface area contributed by atoms with Crippen molar-refractivity contribution in [3.63, 3.8) is 0 Å². The van der Waals surface area contributed by atoms with Gasteiger partial charge in [0.05, 0.1) is 11.0 Å². The molecule has 1 fully saturated rings. The largest absolute Gasteiger partial charge is 0.547 e. The van der Waals surface area contributed by atoms with E-state index in [-0.39, 0.29) is 43.7 Å². The lowest BCUT2D eigenvalue weighted by Crippen LogP contribution is -2.60. The Morgan fingerprint density at radius 1 is 1.17 bits per heavy atom. The molecule has 2 aliphatic rings. The molecule has 4 rings (SSSR count). The van der Waals surface area contributed by atoms with E-state index in [0.717, 1.165) is 23.1 Å². The Balaban J connectivity index is 1.61. The van der Waals surface area contributed by atoms with Crippen LogP contribution in [-0.4, -0.2) is 99.1 Å². The van der Waals surface area contributed by atoms with E-state index >= 15 is 0 Å². The van der Waals surface area contributed by atoms with Gasteiger partial charge in [0, 0.05) is 31.7 Å². The highest BCUT2D eigenvalue weighted by Crippen LogP contribution is 2.38. The predicted molar refractivity (Wildman–Crippen MR) is 141 cm³/mol. The molecule has 1 unspecified atom stereocenters. The summed E-state index contributed by atoms with van der Waals surface area (Å²) in [7, 11) is -1.86. The molecule has 2 atom stereocenters. The van der Waals surface area contributed by atoms with Gasteiger partial charge in [0.15, 0.2) is 11.5 Å². The molecule has 18 heteroatoms. The molecule has 0 aliphatic carbocycles. The SMILES string of the molecule is NCCN1CCN(C(=O)NC(C(=O)N[C@H]2Cc3ccc(F)c(C(=O)O)c3OB2O)c2ccc(O)c(O)c2Cl)C(=O)C1=O. The molecule has 0 spiro atoms. The Morgan fingerprint density at radius 2 is 1.88 bits per heavy atom. The molecule has 2 aromatic carbocycles. The lowest BCUT2D eigenvalue weighted by Gasteiger charge is -2.34. The first-order chi connectivity index (χ1) is 19.8. The maximum atomic E-state index is 14.1. The second-order valence-corrected chi connectivity index (χ2v) is 9.68. The molecule has 5 amide bonds. The number of benzene rings is 2. The van der Waals surface area contributed by atoms with Gasteiger partial charge in [-0.05, 0) is 24.1 Å². The molecule has 8 N–H and O–H groups in total. The third-order valence-corrected chi connectivity index (χ3v) is 7.07. The van der Waals surface area contributed by atoms with E-state index in [9.17, 15) is 48.7 Å². The molecule has 0 bridgehead atoms. The number of urea groups is 1. The summed E-state index contributed by atoms with van der Waals surface area (Å²) in [5.41, 5.74) is 4.54. The number of amides is 5. The second kappa shape index (κ2) is 12.1. The summed E-state index contributed by atoms with van der Waals surface area (Å²) in [5, 5.41) is 43.9. The number of aromatic hydroxyl groups is 2. The highest BCUT2D eigenvalue weighted by Gasteiger charge is 2.42. The summed E-state index contributed by atoms with van der Waals surface area (Å²) in [6.07, 6.45) is -0.228. The Morgan fingerprint density at radius 3 is 2.55 bits per heavy atom. The minimum Gasteiger partial charge on any atom is -0.534 e. The van der Waals surface area contributed by atoms with Gasteiger partial charge in [0.25, 0.3) is 0 Å². The molecule has 222 valence electrons. The van der Waals surface area contributed by atoms with Gasteiger partial charge in [-0.15, -0.1) is 0 Å². The summed E-state index contributed by atoms with van der Waals surface area (Å²) in [5.74, 6) is -9.09. The fourth-order valence-corrected chi connectivity index (χ4v) is 4.81. The minimum atomic E-state index is -1.86. The lowest BCUT2D eigenvalue weighted by atomic mass is 9.72. The number of imide groups is 1. The number of nitrogens with one attached hydrogen (secondary N) is 2. The van der Waals surface area contributed by atoms with Crippen molar-refractivity contribution in [2.45, 2.75) is 18.4 Å². The summed E-state index contributed by atoms with van der Waals surface area (Å²) < 4.78 is 19.3. The van der Waals surface area contributed by atoms with E-state index in [2.05, 4.69) is 10.6 Å². The standard InChI is InChI=1S/C24H24BClFN5O10/c26-16-11(2-4-13(33)18(16)34)17(30-24(40)32-8-7-31(6-5-28)21(36)22(32)37)20(35)29-14-9-10-1-3-12(27)15(23(38)39)19(10)42-25(14)41/h1-4,14,17,33-34,41H,5-9,28H2,(H,29,35)(H,30,40)(H,38,39)/t14-,17?/m0/s1. The molecule has 2 heterocycles. The Labute approximate surface area is 241 Å². The Kier molecular flexibility index (Phi) is 8.74. The molecule has 15 nitrogen and oxygen atoms in total. The van der Waals surface area contributed by atoms with E-state index in [1.165, 1.54) is 6.07 Å². The Hall–Kier alpha value is -4.61. The van der Waals surface area contributed by atoms with Crippen molar-refractivity contribution in [2.75, 3.05) is 26.2 Å². The number of carboxylic acid groups (broad SMARTS) is 1. The summed E-state index contributed by atoms with van der Waals surface area (Å²) in [4.78, 5) is 64.8. The van der Waals surface area contributed by atoms with Crippen molar-refractivity contribution < 1.29 is 53.4 Å². The van der Waals surface area contributed by atoms with E-state index in [0.29, 0.717) is 4.90 Å². The topological polar surface area (TPSA) is 232 Å². The predicted octanol–water partition coefficient (Wildman–Crippen LogP) is -0.892. The number of halogens is 2. The van der Waals surface area contributed by atoms with Gasteiger partial charge in [-0.2, -0.15) is 0 Å². The van der Waals surface area contributed by atoms with Crippen molar-refractivity contribution in [3.05, 3.63) is 51.8 Å². The van der Waals surface area contributed by atoms with Gasteiger partial charge in [-0.25, -0.2) is 14.0 Å². The number of rotatable bonds is 7. The molecule has 0 aromatic heterocycles. The fourth-order valence-electron chi connectivity index (χ4n) is 4.54. The van der Waals surface area contributed by atoms with Crippen LogP contribution in [0.1, 0.15) is 27.5 Å². The van der Waals surface area contributed by atoms with Crippen LogP contribution in [0.25, 0.3) is 0 Å². The van der Waals surface area contributed by atoms with Crippen molar-refractivity contribution in [3.8, 4) is 17.2 Å². The van der Waals surface area contributed by atoms with Crippen LogP contribution in [0.2, 0.25) is 5.02 Å². The number of phenols is 2. The van der Waals surface area contributed by atoms with Crippen molar-refractivity contribution in [1.82, 2.24) is 20.4 Å². The van der Waals surface area contributed by atoms with Gasteiger partial charge in [0.1, 0.15) is 23.2 Å². The first kappa shape index (κ1) is 30.4. The number of carbonyl (C=O) groups is 5. The average Bonchev–Trinajstić information content (AvgIpc) is 2.93. The molecule has 2 aromatic rings. The number of fused-ring (bicyclic) bond motifs is 1. The number of nitrogens with two attached hydrogens (primary N) is 1.